The zero-order valence-corrected chi connectivity index (χ0v) is 14.6. The molecule has 0 aliphatic carbocycles. The van der Waals surface area contributed by atoms with Gasteiger partial charge in [-0.25, -0.2) is 0 Å². The van der Waals surface area contributed by atoms with Crippen molar-refractivity contribution in [2.24, 2.45) is 7.05 Å². The number of amides is 2. The van der Waals surface area contributed by atoms with Crippen molar-refractivity contribution < 1.29 is 9.59 Å². The Morgan fingerprint density at radius 1 is 1.25 bits per heavy atom. The second kappa shape index (κ2) is 8.10. The monoisotopic (exact) mass is 334 g/mol. The van der Waals surface area contributed by atoms with Crippen molar-refractivity contribution in [2.75, 3.05) is 32.7 Å². The number of nitrogens with zero attached hydrogens (tertiary/aromatic N) is 3. The molecular weight excluding hydrogens is 308 g/mol. The number of carbonyl (C=O) groups excluding carboxylic acids is 2. The Labute approximate surface area is 142 Å². The average molecular weight is 334 g/mol. The zero-order valence-electron chi connectivity index (χ0n) is 14.6. The lowest BCUT2D eigenvalue weighted by molar-refractivity contribution is -0.123. The van der Waals surface area contributed by atoms with Gasteiger partial charge in [-0.1, -0.05) is 6.92 Å². The number of hydrogen-bond donors (Lipinski definition) is 1. The molecule has 24 heavy (non-hydrogen) atoms. The first-order valence-electron chi connectivity index (χ1n) is 8.38. The minimum atomic E-state index is -0.193. The van der Waals surface area contributed by atoms with E-state index in [0.29, 0.717) is 38.3 Å². The van der Waals surface area contributed by atoms with E-state index >= 15 is 0 Å². The van der Waals surface area contributed by atoms with Crippen molar-refractivity contribution >= 4 is 11.8 Å². The van der Waals surface area contributed by atoms with Crippen LogP contribution in [0.5, 0.6) is 0 Å². The summed E-state index contributed by atoms with van der Waals surface area (Å²) < 4.78 is 1.44. The molecule has 0 spiro atoms. The fourth-order valence-electron chi connectivity index (χ4n) is 2.60. The third kappa shape index (κ3) is 4.67. The van der Waals surface area contributed by atoms with Crippen LogP contribution in [0.3, 0.4) is 0 Å². The SMILES string of the molecule is CCC(C)NC(=O)CN1CCN(C(=O)c2ccn(C)c(=O)c2)CC1. The van der Waals surface area contributed by atoms with E-state index in [0.717, 1.165) is 6.42 Å². The summed E-state index contributed by atoms with van der Waals surface area (Å²) >= 11 is 0. The number of nitrogens with one attached hydrogen (secondary N) is 1. The molecule has 1 aliphatic rings. The molecule has 1 saturated heterocycles. The van der Waals surface area contributed by atoms with Gasteiger partial charge in [-0.2, -0.15) is 0 Å². The number of aromatic nitrogens is 1. The maximum atomic E-state index is 12.5. The van der Waals surface area contributed by atoms with Crippen LogP contribution < -0.4 is 10.9 Å². The van der Waals surface area contributed by atoms with Gasteiger partial charge in [0.25, 0.3) is 11.5 Å². The van der Waals surface area contributed by atoms with Gasteiger partial charge >= 0.3 is 0 Å². The van der Waals surface area contributed by atoms with Gasteiger partial charge in [-0.15, -0.1) is 0 Å². The van der Waals surface area contributed by atoms with Crippen molar-refractivity contribution in [3.63, 3.8) is 0 Å². The minimum Gasteiger partial charge on any atom is -0.353 e. The Balaban J connectivity index is 1.85. The molecule has 1 fully saturated rings. The molecular formula is C17H26N4O3. The van der Waals surface area contributed by atoms with E-state index in [4.69, 9.17) is 0 Å². The van der Waals surface area contributed by atoms with Gasteiger partial charge in [-0.05, 0) is 19.4 Å². The molecule has 0 radical (unpaired) electrons. The van der Waals surface area contributed by atoms with Crippen LogP contribution in [-0.4, -0.2) is 64.9 Å². The van der Waals surface area contributed by atoms with Gasteiger partial charge in [-0.3, -0.25) is 19.3 Å². The molecule has 2 rings (SSSR count). The van der Waals surface area contributed by atoms with Crippen molar-refractivity contribution in [1.82, 2.24) is 19.7 Å². The number of pyridine rings is 1. The predicted octanol–water partition coefficient (Wildman–Crippen LogP) is 0.0578. The second-order valence-electron chi connectivity index (χ2n) is 6.31. The number of carbonyl (C=O) groups is 2. The van der Waals surface area contributed by atoms with Crippen LogP contribution in [0.15, 0.2) is 23.1 Å². The van der Waals surface area contributed by atoms with E-state index in [2.05, 4.69) is 5.32 Å². The molecule has 7 nitrogen and oxygen atoms in total. The summed E-state index contributed by atoms with van der Waals surface area (Å²) in [5.74, 6) is -0.105. The van der Waals surface area contributed by atoms with Crippen LogP contribution in [0.25, 0.3) is 0 Å². The third-order valence-corrected chi connectivity index (χ3v) is 4.40. The fraction of sp³-hybridized carbons (Fsp3) is 0.588. The quantitative estimate of drug-likeness (QED) is 0.826. The maximum absolute atomic E-state index is 12.5. The molecule has 1 unspecified atom stereocenters. The average Bonchev–Trinajstić information content (AvgIpc) is 2.57. The van der Waals surface area contributed by atoms with Gasteiger partial charge in [0.2, 0.25) is 5.91 Å². The summed E-state index contributed by atoms with van der Waals surface area (Å²) in [6, 6.07) is 3.21. The lowest BCUT2D eigenvalue weighted by Crippen LogP contribution is -2.51. The maximum Gasteiger partial charge on any atom is 0.254 e. The Bertz CT molecular complexity index is 647. The molecule has 2 heterocycles. The second-order valence-corrected chi connectivity index (χ2v) is 6.31. The van der Waals surface area contributed by atoms with Crippen molar-refractivity contribution in [2.45, 2.75) is 26.3 Å². The summed E-state index contributed by atoms with van der Waals surface area (Å²) in [5, 5.41) is 2.95. The van der Waals surface area contributed by atoms with E-state index in [1.54, 1.807) is 24.2 Å². The van der Waals surface area contributed by atoms with Crippen molar-refractivity contribution in [1.29, 1.82) is 0 Å². The first kappa shape index (κ1) is 18.2. The highest BCUT2D eigenvalue weighted by atomic mass is 16.2. The van der Waals surface area contributed by atoms with Crippen LogP contribution in [0.1, 0.15) is 30.6 Å². The lowest BCUT2D eigenvalue weighted by Gasteiger charge is -2.34. The van der Waals surface area contributed by atoms with E-state index in [1.807, 2.05) is 18.7 Å². The van der Waals surface area contributed by atoms with E-state index in [-0.39, 0.29) is 23.4 Å². The minimum absolute atomic E-state index is 0.0238. The third-order valence-electron chi connectivity index (χ3n) is 4.40. The van der Waals surface area contributed by atoms with Crippen LogP contribution in [0, 0.1) is 0 Å². The Morgan fingerprint density at radius 3 is 2.50 bits per heavy atom. The molecule has 0 bridgehead atoms. The fourth-order valence-corrected chi connectivity index (χ4v) is 2.60. The van der Waals surface area contributed by atoms with E-state index in [1.165, 1.54) is 10.6 Å². The lowest BCUT2D eigenvalue weighted by atomic mass is 10.2. The highest BCUT2D eigenvalue weighted by Crippen LogP contribution is 2.07. The Hall–Kier alpha value is -2.15. The van der Waals surface area contributed by atoms with Crippen LogP contribution in [0.2, 0.25) is 0 Å². The summed E-state index contributed by atoms with van der Waals surface area (Å²) in [6.07, 6.45) is 2.51. The Kier molecular flexibility index (Phi) is 6.14. The molecule has 1 aromatic rings. The van der Waals surface area contributed by atoms with Gasteiger partial charge in [0, 0.05) is 57.1 Å². The van der Waals surface area contributed by atoms with Crippen LogP contribution in [-0.2, 0) is 11.8 Å². The molecule has 1 N–H and O–H groups in total. The Morgan fingerprint density at radius 2 is 1.92 bits per heavy atom. The largest absolute Gasteiger partial charge is 0.353 e. The molecule has 1 atom stereocenters. The van der Waals surface area contributed by atoms with Crippen molar-refractivity contribution in [3.8, 4) is 0 Å². The number of hydrogen-bond acceptors (Lipinski definition) is 4. The molecule has 0 saturated carbocycles. The highest BCUT2D eigenvalue weighted by Gasteiger charge is 2.23. The van der Waals surface area contributed by atoms with Crippen molar-refractivity contribution in [3.05, 3.63) is 34.2 Å². The topological polar surface area (TPSA) is 74.7 Å². The summed E-state index contributed by atoms with van der Waals surface area (Å²) in [5.41, 5.74) is 0.224. The summed E-state index contributed by atoms with van der Waals surface area (Å²) in [7, 11) is 1.65. The normalized spacial score (nSPS) is 16.7. The molecule has 1 aromatic heterocycles. The van der Waals surface area contributed by atoms with Gasteiger partial charge in [0.1, 0.15) is 0 Å². The standard InChI is InChI=1S/C17H26N4O3/c1-4-13(2)18-15(22)12-20-7-9-21(10-8-20)17(24)14-5-6-19(3)16(23)11-14/h5-6,11,13H,4,7-10,12H2,1-3H3,(H,18,22). The van der Waals surface area contributed by atoms with E-state index < -0.39 is 0 Å². The summed E-state index contributed by atoms with van der Waals surface area (Å²) in [4.78, 5) is 39.8. The molecule has 0 aromatic carbocycles. The number of aryl methyl sites for hydroxylation is 1. The first-order valence-corrected chi connectivity index (χ1v) is 8.38. The van der Waals surface area contributed by atoms with Crippen LogP contribution >= 0.6 is 0 Å². The van der Waals surface area contributed by atoms with Crippen LogP contribution in [0.4, 0.5) is 0 Å². The first-order chi connectivity index (χ1) is 11.4. The molecule has 2 amide bonds. The smallest absolute Gasteiger partial charge is 0.254 e. The molecule has 7 heteroatoms. The number of rotatable bonds is 5. The zero-order chi connectivity index (χ0) is 17.7. The number of piperazine rings is 1. The summed E-state index contributed by atoms with van der Waals surface area (Å²) in [6.45, 7) is 6.81. The highest BCUT2D eigenvalue weighted by molar-refractivity contribution is 5.94. The molecule has 1 aliphatic heterocycles. The molecule has 132 valence electrons. The van der Waals surface area contributed by atoms with Gasteiger partial charge < -0.3 is 14.8 Å². The van der Waals surface area contributed by atoms with E-state index in [9.17, 15) is 14.4 Å². The van der Waals surface area contributed by atoms with Gasteiger partial charge in [0.15, 0.2) is 0 Å². The predicted molar refractivity (Wildman–Crippen MR) is 91.9 cm³/mol. The van der Waals surface area contributed by atoms with Gasteiger partial charge in [0.05, 0.1) is 6.54 Å².